The van der Waals surface area contributed by atoms with E-state index in [4.69, 9.17) is 5.73 Å². The number of nitrogens with one attached hydrogen (secondary N) is 1. The van der Waals surface area contributed by atoms with Crippen molar-refractivity contribution in [3.63, 3.8) is 0 Å². The molecule has 0 aromatic carbocycles. The van der Waals surface area contributed by atoms with Crippen LogP contribution in [0, 0.1) is 5.92 Å². The number of anilines is 1. The fourth-order valence-corrected chi connectivity index (χ4v) is 1.46. The molecule has 1 atom stereocenters. The van der Waals surface area contributed by atoms with Crippen molar-refractivity contribution in [3.8, 4) is 0 Å². The normalized spacial score (nSPS) is 13.2. The lowest BCUT2D eigenvalue weighted by Gasteiger charge is -2.21. The van der Waals surface area contributed by atoms with Crippen molar-refractivity contribution in [2.45, 2.75) is 19.9 Å². The molecule has 0 aliphatic carbocycles. The van der Waals surface area contributed by atoms with Crippen LogP contribution in [0.25, 0.3) is 5.65 Å². The lowest BCUT2D eigenvalue weighted by atomic mass is 10.1. The average molecular weight is 221 g/mol. The van der Waals surface area contributed by atoms with Crippen LogP contribution in [0.3, 0.4) is 0 Å². The van der Waals surface area contributed by atoms with E-state index in [0.29, 0.717) is 18.1 Å². The van der Waals surface area contributed by atoms with Crippen molar-refractivity contribution in [3.05, 3.63) is 12.4 Å². The minimum atomic E-state index is 0.177. The standard InChI is InChI=1S/C9H15N7/c1-6(2)7(3-10)12-8-4-11-5-9-13-14-15-16(8)9/h4-7,12H,3,10H2,1-2H3. The fourth-order valence-electron chi connectivity index (χ4n) is 1.46. The Kier molecular flexibility index (Phi) is 2.95. The molecule has 7 heteroatoms. The number of fused-ring (bicyclic) bond motifs is 1. The third-order valence-corrected chi connectivity index (χ3v) is 2.50. The van der Waals surface area contributed by atoms with Crippen molar-refractivity contribution < 1.29 is 0 Å². The molecule has 2 rings (SSSR count). The first-order chi connectivity index (χ1) is 7.72. The van der Waals surface area contributed by atoms with Gasteiger partial charge in [-0.2, -0.15) is 4.52 Å². The fraction of sp³-hybridized carbons (Fsp3) is 0.556. The summed E-state index contributed by atoms with van der Waals surface area (Å²) in [7, 11) is 0. The Balaban J connectivity index is 2.29. The molecule has 0 amide bonds. The second-order valence-corrected chi connectivity index (χ2v) is 3.97. The Bertz CT molecular complexity index is 464. The van der Waals surface area contributed by atoms with Gasteiger partial charge in [-0.3, -0.25) is 4.98 Å². The van der Waals surface area contributed by atoms with Crippen LogP contribution in [-0.2, 0) is 0 Å². The maximum Gasteiger partial charge on any atom is 0.199 e. The minimum Gasteiger partial charge on any atom is -0.364 e. The number of hydrogen-bond acceptors (Lipinski definition) is 6. The molecule has 0 spiro atoms. The highest BCUT2D eigenvalue weighted by atomic mass is 15.5. The predicted octanol–water partition coefficient (Wildman–Crippen LogP) is -0.0855. The first kappa shape index (κ1) is 10.7. The quantitative estimate of drug-likeness (QED) is 0.749. The molecule has 0 bridgehead atoms. The summed E-state index contributed by atoms with van der Waals surface area (Å²) in [6.07, 6.45) is 3.30. The first-order valence-corrected chi connectivity index (χ1v) is 5.21. The number of nitrogens with two attached hydrogens (primary N) is 1. The van der Waals surface area contributed by atoms with Crippen molar-refractivity contribution in [1.29, 1.82) is 0 Å². The molecule has 2 heterocycles. The van der Waals surface area contributed by atoms with Gasteiger partial charge in [0.05, 0.1) is 12.4 Å². The molecular formula is C9H15N7. The lowest BCUT2D eigenvalue weighted by molar-refractivity contribution is 0.528. The highest BCUT2D eigenvalue weighted by Crippen LogP contribution is 2.11. The smallest absolute Gasteiger partial charge is 0.199 e. The third kappa shape index (κ3) is 1.94. The monoisotopic (exact) mass is 221 g/mol. The molecule has 0 saturated carbocycles. The highest BCUT2D eigenvalue weighted by molar-refractivity contribution is 5.44. The van der Waals surface area contributed by atoms with Crippen molar-refractivity contribution in [2.24, 2.45) is 11.7 Å². The number of hydrogen-bond donors (Lipinski definition) is 2. The van der Waals surface area contributed by atoms with E-state index in [9.17, 15) is 0 Å². The third-order valence-electron chi connectivity index (χ3n) is 2.50. The van der Waals surface area contributed by atoms with Crippen molar-refractivity contribution in [1.82, 2.24) is 25.0 Å². The van der Waals surface area contributed by atoms with E-state index in [1.54, 1.807) is 16.9 Å². The molecule has 16 heavy (non-hydrogen) atoms. The second-order valence-electron chi connectivity index (χ2n) is 3.97. The topological polar surface area (TPSA) is 94.0 Å². The summed E-state index contributed by atoms with van der Waals surface area (Å²) in [5, 5.41) is 14.6. The largest absolute Gasteiger partial charge is 0.364 e. The van der Waals surface area contributed by atoms with Gasteiger partial charge >= 0.3 is 0 Å². The van der Waals surface area contributed by atoms with Crippen LogP contribution in [0.2, 0.25) is 0 Å². The zero-order valence-corrected chi connectivity index (χ0v) is 9.33. The van der Waals surface area contributed by atoms with Gasteiger partial charge in [0.1, 0.15) is 0 Å². The zero-order chi connectivity index (χ0) is 11.5. The first-order valence-electron chi connectivity index (χ1n) is 5.21. The van der Waals surface area contributed by atoms with E-state index in [1.165, 1.54) is 0 Å². The van der Waals surface area contributed by atoms with E-state index < -0.39 is 0 Å². The molecule has 0 fully saturated rings. The highest BCUT2D eigenvalue weighted by Gasteiger charge is 2.13. The van der Waals surface area contributed by atoms with E-state index in [2.05, 4.69) is 39.7 Å². The Morgan fingerprint density at radius 1 is 1.44 bits per heavy atom. The van der Waals surface area contributed by atoms with E-state index in [1.807, 2.05) is 0 Å². The molecule has 7 nitrogen and oxygen atoms in total. The summed E-state index contributed by atoms with van der Waals surface area (Å²) in [5.41, 5.74) is 6.31. The van der Waals surface area contributed by atoms with Gasteiger partial charge in [-0.15, -0.1) is 5.10 Å². The van der Waals surface area contributed by atoms with Crippen molar-refractivity contribution in [2.75, 3.05) is 11.9 Å². The predicted molar refractivity (Wildman–Crippen MR) is 59.9 cm³/mol. The van der Waals surface area contributed by atoms with Crippen LogP contribution in [0.4, 0.5) is 5.82 Å². The Morgan fingerprint density at radius 3 is 2.94 bits per heavy atom. The molecule has 2 aromatic heterocycles. The molecule has 0 aliphatic heterocycles. The van der Waals surface area contributed by atoms with Gasteiger partial charge in [-0.05, 0) is 16.3 Å². The van der Waals surface area contributed by atoms with Crippen LogP contribution in [0.5, 0.6) is 0 Å². The Labute approximate surface area is 93.0 Å². The van der Waals surface area contributed by atoms with E-state index >= 15 is 0 Å². The number of nitrogens with zero attached hydrogens (tertiary/aromatic N) is 5. The summed E-state index contributed by atoms with van der Waals surface area (Å²) < 4.78 is 1.61. The van der Waals surface area contributed by atoms with Gasteiger partial charge in [0.15, 0.2) is 11.5 Å². The van der Waals surface area contributed by atoms with Gasteiger partial charge in [0, 0.05) is 12.6 Å². The van der Waals surface area contributed by atoms with Gasteiger partial charge in [0.2, 0.25) is 0 Å². The molecule has 0 aliphatic rings. The average Bonchev–Trinajstić information content (AvgIpc) is 2.73. The van der Waals surface area contributed by atoms with Crippen LogP contribution in [0.15, 0.2) is 12.4 Å². The zero-order valence-electron chi connectivity index (χ0n) is 9.33. The molecule has 1 unspecified atom stereocenters. The van der Waals surface area contributed by atoms with Crippen molar-refractivity contribution >= 4 is 11.5 Å². The summed E-state index contributed by atoms with van der Waals surface area (Å²) in [6.45, 7) is 4.77. The summed E-state index contributed by atoms with van der Waals surface area (Å²) in [5.74, 6) is 1.18. The maximum absolute atomic E-state index is 5.70. The lowest BCUT2D eigenvalue weighted by Crippen LogP contribution is -2.34. The van der Waals surface area contributed by atoms with Crippen LogP contribution in [0.1, 0.15) is 13.8 Å². The summed E-state index contributed by atoms with van der Waals surface area (Å²) in [4.78, 5) is 4.07. The molecular weight excluding hydrogens is 206 g/mol. The van der Waals surface area contributed by atoms with Crippen LogP contribution >= 0.6 is 0 Å². The summed E-state index contributed by atoms with van der Waals surface area (Å²) >= 11 is 0. The van der Waals surface area contributed by atoms with Gasteiger partial charge in [-0.25, -0.2) is 0 Å². The molecule has 2 aromatic rings. The summed E-state index contributed by atoms with van der Waals surface area (Å²) in [6, 6.07) is 0.177. The van der Waals surface area contributed by atoms with Gasteiger partial charge < -0.3 is 11.1 Å². The number of tetrazole rings is 1. The van der Waals surface area contributed by atoms with E-state index in [0.717, 1.165) is 5.82 Å². The molecule has 0 radical (unpaired) electrons. The Hall–Kier alpha value is -1.76. The number of aromatic nitrogens is 5. The molecule has 0 saturated heterocycles. The Morgan fingerprint density at radius 2 is 2.25 bits per heavy atom. The second kappa shape index (κ2) is 4.40. The minimum absolute atomic E-state index is 0.177. The number of rotatable bonds is 4. The van der Waals surface area contributed by atoms with Gasteiger partial charge in [-0.1, -0.05) is 13.8 Å². The molecule has 86 valence electrons. The van der Waals surface area contributed by atoms with Gasteiger partial charge in [0.25, 0.3) is 0 Å². The SMILES string of the molecule is CC(C)C(CN)Nc1cncc2nnnn12. The molecule has 3 N–H and O–H groups in total. The van der Waals surface area contributed by atoms with E-state index in [-0.39, 0.29) is 6.04 Å². The maximum atomic E-state index is 5.70. The van der Waals surface area contributed by atoms with Crippen LogP contribution in [-0.4, -0.2) is 37.6 Å². The van der Waals surface area contributed by atoms with Crippen LogP contribution < -0.4 is 11.1 Å².